The molecular formula is C16H17NO2S. The number of aryl methyl sites for hydroxylation is 2. The summed E-state index contributed by atoms with van der Waals surface area (Å²) in [4.78, 5) is 24.9. The number of thiophene rings is 1. The van der Waals surface area contributed by atoms with Crippen molar-refractivity contribution >= 4 is 28.0 Å². The van der Waals surface area contributed by atoms with E-state index in [0.29, 0.717) is 5.56 Å². The lowest BCUT2D eigenvalue weighted by Crippen LogP contribution is -2.12. The summed E-state index contributed by atoms with van der Waals surface area (Å²) in [6, 6.07) is 11.0. The predicted molar refractivity (Wildman–Crippen MR) is 82.4 cm³/mol. The molecule has 0 atom stereocenters. The van der Waals surface area contributed by atoms with Crippen molar-refractivity contribution in [3.8, 4) is 0 Å². The number of amides is 1. The first-order valence-corrected chi connectivity index (χ1v) is 7.33. The van der Waals surface area contributed by atoms with Gasteiger partial charge in [-0.1, -0.05) is 30.3 Å². The molecule has 1 amide bonds. The van der Waals surface area contributed by atoms with Gasteiger partial charge in [0.1, 0.15) is 0 Å². The summed E-state index contributed by atoms with van der Waals surface area (Å²) in [5.74, 6) is -0.116. The fourth-order valence-electron chi connectivity index (χ4n) is 1.83. The fourth-order valence-corrected chi connectivity index (χ4v) is 2.78. The number of rotatable bonds is 5. The van der Waals surface area contributed by atoms with Gasteiger partial charge >= 0.3 is 0 Å². The van der Waals surface area contributed by atoms with Gasteiger partial charge in [0, 0.05) is 23.3 Å². The Kier molecular flexibility index (Phi) is 4.69. The monoisotopic (exact) mass is 287 g/mol. The van der Waals surface area contributed by atoms with E-state index in [0.717, 1.165) is 5.00 Å². The summed E-state index contributed by atoms with van der Waals surface area (Å²) >= 11 is 1.56. The highest BCUT2D eigenvalue weighted by Gasteiger charge is 2.10. The standard InChI is InChI=1S/C16H17NO2S/c1-11-10-16(20-12(11)2)17-15(19)9-8-14(18)13-6-4-3-5-7-13/h3-7,10H,8-9H2,1-2H3,(H,17,19). The number of ketones is 1. The molecule has 3 nitrogen and oxygen atoms in total. The molecule has 4 heteroatoms. The zero-order valence-corrected chi connectivity index (χ0v) is 12.4. The predicted octanol–water partition coefficient (Wildman–Crippen LogP) is 3.97. The van der Waals surface area contributed by atoms with Crippen LogP contribution in [0, 0.1) is 13.8 Å². The van der Waals surface area contributed by atoms with Gasteiger partial charge in [-0.3, -0.25) is 9.59 Å². The fraction of sp³-hybridized carbons (Fsp3) is 0.250. The van der Waals surface area contributed by atoms with Crippen molar-refractivity contribution in [2.24, 2.45) is 0 Å². The van der Waals surface area contributed by atoms with E-state index >= 15 is 0 Å². The molecular weight excluding hydrogens is 270 g/mol. The Morgan fingerprint density at radius 2 is 1.80 bits per heavy atom. The van der Waals surface area contributed by atoms with Gasteiger partial charge < -0.3 is 5.32 Å². The molecule has 0 bridgehead atoms. The van der Waals surface area contributed by atoms with Crippen LogP contribution in [-0.4, -0.2) is 11.7 Å². The molecule has 0 spiro atoms. The molecule has 1 heterocycles. The second kappa shape index (κ2) is 6.48. The number of anilines is 1. The Morgan fingerprint density at radius 1 is 1.10 bits per heavy atom. The Hall–Kier alpha value is -1.94. The van der Waals surface area contributed by atoms with Crippen LogP contribution in [0.25, 0.3) is 0 Å². The molecule has 0 radical (unpaired) electrons. The average Bonchev–Trinajstić information content (AvgIpc) is 2.75. The highest BCUT2D eigenvalue weighted by atomic mass is 32.1. The number of carbonyl (C=O) groups is 2. The zero-order valence-electron chi connectivity index (χ0n) is 11.6. The van der Waals surface area contributed by atoms with Crippen LogP contribution in [0.2, 0.25) is 0 Å². The highest BCUT2D eigenvalue weighted by Crippen LogP contribution is 2.25. The average molecular weight is 287 g/mol. The topological polar surface area (TPSA) is 46.2 Å². The van der Waals surface area contributed by atoms with E-state index in [1.807, 2.05) is 38.1 Å². The third-order valence-corrected chi connectivity index (χ3v) is 4.17. The minimum atomic E-state index is -0.115. The van der Waals surface area contributed by atoms with E-state index in [-0.39, 0.29) is 24.5 Å². The molecule has 1 aromatic carbocycles. The molecule has 20 heavy (non-hydrogen) atoms. The maximum Gasteiger partial charge on any atom is 0.225 e. The van der Waals surface area contributed by atoms with E-state index in [1.165, 1.54) is 10.4 Å². The number of hydrogen-bond acceptors (Lipinski definition) is 3. The van der Waals surface area contributed by atoms with Crippen molar-refractivity contribution in [2.45, 2.75) is 26.7 Å². The summed E-state index contributed by atoms with van der Waals surface area (Å²) < 4.78 is 0. The maximum absolute atomic E-state index is 11.9. The lowest BCUT2D eigenvalue weighted by molar-refractivity contribution is -0.116. The van der Waals surface area contributed by atoms with Gasteiger partial charge in [-0.25, -0.2) is 0 Å². The first-order valence-electron chi connectivity index (χ1n) is 6.51. The molecule has 0 unspecified atom stereocenters. The first-order chi connectivity index (χ1) is 9.56. The largest absolute Gasteiger partial charge is 0.318 e. The smallest absolute Gasteiger partial charge is 0.225 e. The van der Waals surface area contributed by atoms with Gasteiger partial charge in [-0.2, -0.15) is 0 Å². The lowest BCUT2D eigenvalue weighted by Gasteiger charge is -2.02. The molecule has 0 saturated carbocycles. The summed E-state index contributed by atoms with van der Waals surface area (Å²) in [6.45, 7) is 4.04. The Labute approximate surface area is 122 Å². The van der Waals surface area contributed by atoms with Crippen molar-refractivity contribution in [1.29, 1.82) is 0 Å². The van der Waals surface area contributed by atoms with E-state index in [1.54, 1.807) is 23.5 Å². The number of carbonyl (C=O) groups excluding carboxylic acids is 2. The molecule has 1 aromatic heterocycles. The number of benzene rings is 1. The Bertz CT molecular complexity index is 597. The molecule has 0 aliphatic heterocycles. The zero-order chi connectivity index (χ0) is 14.5. The molecule has 104 valence electrons. The van der Waals surface area contributed by atoms with Crippen molar-refractivity contribution in [3.63, 3.8) is 0 Å². The lowest BCUT2D eigenvalue weighted by atomic mass is 10.1. The number of Topliss-reactive ketones (excluding diaryl/α,β-unsaturated/α-hetero) is 1. The quantitative estimate of drug-likeness (QED) is 0.846. The van der Waals surface area contributed by atoms with Crippen LogP contribution in [0.4, 0.5) is 5.00 Å². The van der Waals surface area contributed by atoms with Crippen LogP contribution in [0.3, 0.4) is 0 Å². The number of hydrogen-bond donors (Lipinski definition) is 1. The van der Waals surface area contributed by atoms with E-state index < -0.39 is 0 Å². The normalized spacial score (nSPS) is 10.3. The van der Waals surface area contributed by atoms with Crippen LogP contribution < -0.4 is 5.32 Å². The summed E-state index contributed by atoms with van der Waals surface area (Å²) in [6.07, 6.45) is 0.447. The number of nitrogens with one attached hydrogen (secondary N) is 1. The third-order valence-electron chi connectivity index (χ3n) is 3.10. The molecule has 0 aliphatic carbocycles. The molecule has 2 rings (SSSR count). The molecule has 0 aliphatic rings. The second-order valence-corrected chi connectivity index (χ2v) is 5.94. The third kappa shape index (κ3) is 3.78. The minimum absolute atomic E-state index is 0.000657. The SMILES string of the molecule is Cc1cc(NC(=O)CCC(=O)c2ccccc2)sc1C. The van der Waals surface area contributed by atoms with Crippen LogP contribution in [0.1, 0.15) is 33.6 Å². The van der Waals surface area contributed by atoms with Crippen LogP contribution in [-0.2, 0) is 4.79 Å². The summed E-state index contributed by atoms with van der Waals surface area (Å²) in [5, 5.41) is 3.68. The molecule has 0 saturated heterocycles. The molecule has 2 aromatic rings. The van der Waals surface area contributed by atoms with Gasteiger partial charge in [-0.05, 0) is 25.5 Å². The van der Waals surface area contributed by atoms with Crippen molar-refractivity contribution < 1.29 is 9.59 Å². The van der Waals surface area contributed by atoms with E-state index in [4.69, 9.17) is 0 Å². The van der Waals surface area contributed by atoms with Crippen molar-refractivity contribution in [3.05, 3.63) is 52.4 Å². The van der Waals surface area contributed by atoms with Crippen molar-refractivity contribution in [1.82, 2.24) is 0 Å². The summed E-state index contributed by atoms with van der Waals surface area (Å²) in [5.41, 5.74) is 1.83. The van der Waals surface area contributed by atoms with Crippen LogP contribution >= 0.6 is 11.3 Å². The van der Waals surface area contributed by atoms with Crippen molar-refractivity contribution in [2.75, 3.05) is 5.32 Å². The van der Waals surface area contributed by atoms with E-state index in [2.05, 4.69) is 5.32 Å². The molecule has 0 fully saturated rings. The summed E-state index contributed by atoms with van der Waals surface area (Å²) in [7, 11) is 0. The van der Waals surface area contributed by atoms with E-state index in [9.17, 15) is 9.59 Å². The second-order valence-electron chi connectivity index (χ2n) is 4.69. The maximum atomic E-state index is 11.9. The van der Waals surface area contributed by atoms with Gasteiger partial charge in [0.05, 0.1) is 5.00 Å². The van der Waals surface area contributed by atoms with Gasteiger partial charge in [-0.15, -0.1) is 11.3 Å². The molecule has 1 N–H and O–H groups in total. The van der Waals surface area contributed by atoms with Gasteiger partial charge in [0.2, 0.25) is 5.91 Å². The van der Waals surface area contributed by atoms with Gasteiger partial charge in [0.25, 0.3) is 0 Å². The van der Waals surface area contributed by atoms with Crippen LogP contribution in [0.15, 0.2) is 36.4 Å². The minimum Gasteiger partial charge on any atom is -0.318 e. The van der Waals surface area contributed by atoms with Gasteiger partial charge in [0.15, 0.2) is 5.78 Å². The Balaban J connectivity index is 1.85. The highest BCUT2D eigenvalue weighted by molar-refractivity contribution is 7.16. The Morgan fingerprint density at radius 3 is 2.40 bits per heavy atom. The van der Waals surface area contributed by atoms with Crippen LogP contribution in [0.5, 0.6) is 0 Å². The first kappa shape index (κ1) is 14.5.